The minimum atomic E-state index is -2.02. The Morgan fingerprint density at radius 1 is 0.893 bits per heavy atom. The molecular weight excluding hydrogens is 732 g/mol. The molecule has 11 atom stereocenters. The van der Waals surface area contributed by atoms with Gasteiger partial charge in [-0.2, -0.15) is 0 Å². The van der Waals surface area contributed by atoms with Gasteiger partial charge >= 0.3 is 23.9 Å². The molecule has 0 unspecified atom stereocenters. The fourth-order valence-electron chi connectivity index (χ4n) is 8.36. The number of methoxy groups -OCH3 is 1. The molecule has 0 aromatic carbocycles. The molecule has 5 rings (SSSR count). The van der Waals surface area contributed by atoms with E-state index in [2.05, 4.69) is 0 Å². The summed E-state index contributed by atoms with van der Waals surface area (Å²) >= 11 is 0. The van der Waals surface area contributed by atoms with Gasteiger partial charge in [-0.3, -0.25) is 19.2 Å². The van der Waals surface area contributed by atoms with Crippen LogP contribution in [0.3, 0.4) is 0 Å². The Bertz CT molecular complexity index is 1590. The number of fused-ring (bicyclic) bond motifs is 5. The molecule has 0 radical (unpaired) electrons. The van der Waals surface area contributed by atoms with Crippen molar-refractivity contribution in [1.29, 1.82) is 0 Å². The van der Waals surface area contributed by atoms with E-state index in [0.29, 0.717) is 5.57 Å². The Hall–Kier alpha value is -3.21. The number of esters is 4. The van der Waals surface area contributed by atoms with Crippen LogP contribution in [-0.2, 0) is 57.1 Å². The fourth-order valence-corrected chi connectivity index (χ4v) is 8.36. The molecule has 0 saturated carbocycles. The lowest BCUT2D eigenvalue weighted by Gasteiger charge is -2.54. The van der Waals surface area contributed by atoms with Crippen molar-refractivity contribution < 1.29 is 72.5 Å². The number of aliphatic hydroxyl groups is 3. The zero-order valence-electron chi connectivity index (χ0n) is 34.0. The van der Waals surface area contributed by atoms with Crippen molar-refractivity contribution in [2.45, 2.75) is 174 Å². The summed E-state index contributed by atoms with van der Waals surface area (Å²) in [5, 5.41) is 34.7. The summed E-state index contributed by atoms with van der Waals surface area (Å²) in [4.78, 5) is 65.6. The number of rotatable bonds is 2. The first kappa shape index (κ1) is 43.9. The SMILES string of the molecule is COC(=O)C=C1C[C@H]2C[C@]3(O)O[C@H](C[C@@H](O)CC(=O)O[C@H](C)[C@H](O)C[C@@H]4C[C@@H]5CC(=O)O[C@@]5(O4)C(=O)C(C)(C)/C=C/[C@@H](C1)O2)C[C@H](OC(=O)C(C)(C)C)C3(C)C. The smallest absolute Gasteiger partial charge is 0.330 e. The molecule has 5 aliphatic rings. The Morgan fingerprint density at radius 3 is 2.23 bits per heavy atom. The predicted molar refractivity (Wildman–Crippen MR) is 196 cm³/mol. The predicted octanol–water partition coefficient (Wildman–Crippen LogP) is 3.52. The monoisotopic (exact) mass is 792 g/mol. The molecule has 0 aromatic heterocycles. The molecule has 15 nitrogen and oxygen atoms in total. The van der Waals surface area contributed by atoms with Gasteiger partial charge in [0.05, 0.1) is 67.4 Å². The number of cyclic esters (lactones) is 1. The lowest BCUT2D eigenvalue weighted by molar-refractivity contribution is -0.349. The first-order valence-corrected chi connectivity index (χ1v) is 19.6. The van der Waals surface area contributed by atoms with Crippen LogP contribution in [0, 0.1) is 22.2 Å². The Balaban J connectivity index is 1.53. The number of ketones is 1. The lowest BCUT2D eigenvalue weighted by atomic mass is 9.70. The molecule has 5 aliphatic heterocycles. The van der Waals surface area contributed by atoms with Crippen LogP contribution < -0.4 is 0 Å². The highest BCUT2D eigenvalue weighted by Crippen LogP contribution is 2.51. The molecular formula is C41H60O15. The van der Waals surface area contributed by atoms with Crippen LogP contribution in [0.1, 0.15) is 113 Å². The van der Waals surface area contributed by atoms with Crippen molar-refractivity contribution in [3.63, 3.8) is 0 Å². The third kappa shape index (κ3) is 9.39. The molecule has 4 saturated heterocycles. The highest BCUT2D eigenvalue weighted by atomic mass is 16.7. The van der Waals surface area contributed by atoms with Gasteiger partial charge in [0, 0.05) is 43.1 Å². The average Bonchev–Trinajstić information content (AvgIpc) is 3.56. The molecule has 0 aliphatic carbocycles. The van der Waals surface area contributed by atoms with E-state index < -0.39 is 119 Å². The van der Waals surface area contributed by atoms with Crippen molar-refractivity contribution in [3.05, 3.63) is 23.8 Å². The molecule has 56 heavy (non-hydrogen) atoms. The molecule has 1 spiro atoms. The topological polar surface area (TPSA) is 211 Å². The van der Waals surface area contributed by atoms with E-state index in [1.165, 1.54) is 20.1 Å². The van der Waals surface area contributed by atoms with Gasteiger partial charge in [-0.05, 0) is 60.8 Å². The number of hydrogen-bond donors (Lipinski definition) is 3. The van der Waals surface area contributed by atoms with Gasteiger partial charge in [0.2, 0.25) is 5.78 Å². The summed E-state index contributed by atoms with van der Waals surface area (Å²) in [6.45, 7) is 13.4. The molecule has 0 amide bonds. The maximum Gasteiger partial charge on any atom is 0.330 e. The first-order valence-electron chi connectivity index (χ1n) is 19.6. The molecule has 15 heteroatoms. The van der Waals surface area contributed by atoms with E-state index in [1.54, 1.807) is 60.6 Å². The largest absolute Gasteiger partial charge is 0.466 e. The number of aliphatic hydroxyl groups excluding tert-OH is 2. The van der Waals surface area contributed by atoms with E-state index >= 15 is 0 Å². The quantitative estimate of drug-likeness (QED) is 0.158. The van der Waals surface area contributed by atoms with Crippen molar-refractivity contribution in [2.75, 3.05) is 7.11 Å². The lowest BCUT2D eigenvalue weighted by Crippen LogP contribution is -2.62. The van der Waals surface area contributed by atoms with E-state index in [9.17, 15) is 39.3 Å². The summed E-state index contributed by atoms with van der Waals surface area (Å²) in [5.74, 6) is -7.48. The normalized spacial score (nSPS) is 40.6. The molecule has 3 N–H and O–H groups in total. The minimum Gasteiger partial charge on any atom is -0.466 e. The number of hydrogen-bond acceptors (Lipinski definition) is 15. The maximum atomic E-state index is 14.4. The Morgan fingerprint density at radius 2 is 1.57 bits per heavy atom. The van der Waals surface area contributed by atoms with E-state index in [1.807, 2.05) is 0 Å². The average molecular weight is 793 g/mol. The summed E-state index contributed by atoms with van der Waals surface area (Å²) in [6.07, 6.45) is -2.77. The summed E-state index contributed by atoms with van der Waals surface area (Å²) in [6, 6.07) is 0. The second-order valence-electron chi connectivity index (χ2n) is 18.4. The molecule has 0 aromatic rings. The molecule has 314 valence electrons. The maximum absolute atomic E-state index is 14.4. The first-order chi connectivity index (χ1) is 25.9. The Labute approximate surface area is 328 Å². The number of allylic oxidation sites excluding steroid dienone is 1. The van der Waals surface area contributed by atoms with Gasteiger partial charge in [0.1, 0.15) is 12.2 Å². The van der Waals surface area contributed by atoms with E-state index in [4.69, 9.17) is 33.2 Å². The Kier molecular flexibility index (Phi) is 12.7. The molecule has 6 bridgehead atoms. The van der Waals surface area contributed by atoms with Crippen molar-refractivity contribution >= 4 is 29.7 Å². The number of carbonyl (C=O) groups excluding carboxylic acids is 5. The van der Waals surface area contributed by atoms with Gasteiger partial charge in [-0.1, -0.05) is 31.6 Å². The fraction of sp³-hybridized carbons (Fsp3) is 0.780. The van der Waals surface area contributed by atoms with Crippen LogP contribution in [0.2, 0.25) is 0 Å². The third-order valence-electron chi connectivity index (χ3n) is 11.9. The summed E-state index contributed by atoms with van der Waals surface area (Å²) < 4.78 is 41.2. The van der Waals surface area contributed by atoms with Crippen LogP contribution >= 0.6 is 0 Å². The second-order valence-corrected chi connectivity index (χ2v) is 18.4. The highest BCUT2D eigenvalue weighted by molar-refractivity contribution is 5.96. The van der Waals surface area contributed by atoms with Gasteiger partial charge in [0.15, 0.2) is 5.79 Å². The van der Waals surface area contributed by atoms with E-state index in [0.717, 1.165) is 0 Å². The third-order valence-corrected chi connectivity index (χ3v) is 11.9. The van der Waals surface area contributed by atoms with Crippen LogP contribution in [0.25, 0.3) is 0 Å². The van der Waals surface area contributed by atoms with Crippen LogP contribution in [-0.4, -0.2) is 112 Å². The van der Waals surface area contributed by atoms with Crippen molar-refractivity contribution in [1.82, 2.24) is 0 Å². The summed E-state index contributed by atoms with van der Waals surface area (Å²) in [5.41, 5.74) is -2.71. The number of carbonyl (C=O) groups is 5. The summed E-state index contributed by atoms with van der Waals surface area (Å²) in [7, 11) is 1.26. The number of Topliss-reactive ketones (excluding diaryl/α,β-unsaturated/α-hetero) is 1. The second kappa shape index (κ2) is 16.2. The highest BCUT2D eigenvalue weighted by Gasteiger charge is 2.64. The van der Waals surface area contributed by atoms with Crippen molar-refractivity contribution in [3.8, 4) is 0 Å². The molecule has 5 heterocycles. The van der Waals surface area contributed by atoms with Crippen LogP contribution in [0.5, 0.6) is 0 Å². The standard InChI is InChI=1S/C41H60O15/c1-22-30(43)19-27-15-24-16-34(46)56-41(24,55-27)35(47)38(5,6)11-10-26-12-23(14-32(44)50-9)13-29(52-26)21-40(49)39(7,8)31(53-36(48)37(2,3)4)20-28(54-40)17-25(42)18-33(45)51-22/h10-11,14,22,24-31,42-43,49H,12-13,15-21H2,1-9H3/b11-10+,23-14?/t22-,24-,25-,26+,27+,28-,29+,30-,31+,40+,41-/m1/s1. The van der Waals surface area contributed by atoms with Crippen LogP contribution in [0.4, 0.5) is 0 Å². The number of ether oxygens (including phenoxy) is 7. The van der Waals surface area contributed by atoms with E-state index in [-0.39, 0.29) is 51.4 Å². The van der Waals surface area contributed by atoms with Gasteiger partial charge in [-0.15, -0.1) is 0 Å². The van der Waals surface area contributed by atoms with Crippen LogP contribution in [0.15, 0.2) is 23.8 Å². The van der Waals surface area contributed by atoms with Gasteiger partial charge < -0.3 is 48.5 Å². The van der Waals surface area contributed by atoms with Crippen molar-refractivity contribution in [2.24, 2.45) is 22.2 Å². The zero-order chi connectivity index (χ0) is 41.6. The van der Waals surface area contributed by atoms with Gasteiger partial charge in [0.25, 0.3) is 5.79 Å². The van der Waals surface area contributed by atoms with Gasteiger partial charge in [-0.25, -0.2) is 4.79 Å². The molecule has 4 fully saturated rings. The zero-order valence-corrected chi connectivity index (χ0v) is 34.0. The minimum absolute atomic E-state index is 0.0259.